The van der Waals surface area contributed by atoms with Crippen molar-refractivity contribution in [2.75, 3.05) is 30.4 Å². The molecule has 0 atom stereocenters. The van der Waals surface area contributed by atoms with Crippen molar-refractivity contribution in [1.82, 2.24) is 10.3 Å². The summed E-state index contributed by atoms with van der Waals surface area (Å²) in [6.45, 7) is 3.58. The molecule has 0 spiro atoms. The molecule has 0 radical (unpaired) electrons. The highest BCUT2D eigenvalue weighted by atomic mass is 35.5. The first-order valence-electron chi connectivity index (χ1n) is 7.36. The third kappa shape index (κ3) is 7.58. The zero-order valence-electron chi connectivity index (χ0n) is 12.7. The van der Waals surface area contributed by atoms with Gasteiger partial charge in [0.25, 0.3) is 5.91 Å². The molecular weight excluding hydrogens is 306 g/mol. The number of hydrogen-bond acceptors (Lipinski definition) is 4. The van der Waals surface area contributed by atoms with E-state index >= 15 is 0 Å². The zero-order chi connectivity index (χ0) is 15.5. The number of rotatable bonds is 10. The number of carbonyl (C=O) groups excluding carboxylic acids is 1. The van der Waals surface area contributed by atoms with Crippen LogP contribution in [0.25, 0.3) is 0 Å². The van der Waals surface area contributed by atoms with E-state index in [-0.39, 0.29) is 5.91 Å². The van der Waals surface area contributed by atoms with Gasteiger partial charge in [-0.25, -0.2) is 4.98 Å². The van der Waals surface area contributed by atoms with Crippen LogP contribution >= 0.6 is 23.4 Å². The summed E-state index contributed by atoms with van der Waals surface area (Å²) in [6.07, 6.45) is 6.45. The van der Waals surface area contributed by atoms with Gasteiger partial charge in [0.2, 0.25) is 0 Å². The van der Waals surface area contributed by atoms with Crippen LogP contribution in [0.4, 0.5) is 5.82 Å². The lowest BCUT2D eigenvalue weighted by atomic mass is 10.2. The van der Waals surface area contributed by atoms with Crippen molar-refractivity contribution in [1.29, 1.82) is 0 Å². The highest BCUT2D eigenvalue weighted by molar-refractivity contribution is 7.98. The van der Waals surface area contributed by atoms with Crippen LogP contribution in [0.3, 0.4) is 0 Å². The Kier molecular flexibility index (Phi) is 9.26. The molecule has 0 bridgehead atoms. The third-order valence-electron chi connectivity index (χ3n) is 2.92. The van der Waals surface area contributed by atoms with E-state index in [2.05, 4.69) is 28.8 Å². The summed E-state index contributed by atoms with van der Waals surface area (Å²) in [5.74, 6) is 1.73. The van der Waals surface area contributed by atoms with E-state index in [0.29, 0.717) is 23.1 Å². The second-order valence-corrected chi connectivity index (χ2v) is 6.17. The Balaban J connectivity index is 2.44. The van der Waals surface area contributed by atoms with E-state index in [9.17, 15) is 4.79 Å². The summed E-state index contributed by atoms with van der Waals surface area (Å²) >= 11 is 7.81. The number of aromatic nitrogens is 1. The van der Waals surface area contributed by atoms with Crippen LogP contribution in [0, 0.1) is 0 Å². The molecule has 0 aliphatic heterocycles. The van der Waals surface area contributed by atoms with Gasteiger partial charge < -0.3 is 10.6 Å². The first-order chi connectivity index (χ1) is 10.2. The highest BCUT2D eigenvalue weighted by Crippen LogP contribution is 2.14. The fourth-order valence-electron chi connectivity index (χ4n) is 1.82. The number of nitrogens with one attached hydrogen (secondary N) is 2. The molecule has 118 valence electrons. The summed E-state index contributed by atoms with van der Waals surface area (Å²) in [4.78, 5) is 16.2. The summed E-state index contributed by atoms with van der Waals surface area (Å²) in [5, 5.41) is 6.40. The van der Waals surface area contributed by atoms with Gasteiger partial charge in [0.15, 0.2) is 0 Å². The fraction of sp³-hybridized carbons (Fsp3) is 0.600. The van der Waals surface area contributed by atoms with Gasteiger partial charge in [-0.15, -0.1) is 0 Å². The quantitative estimate of drug-likeness (QED) is 0.506. The molecule has 1 heterocycles. The van der Waals surface area contributed by atoms with Crippen LogP contribution in [0.15, 0.2) is 12.1 Å². The normalized spacial score (nSPS) is 10.4. The second-order valence-electron chi connectivity index (χ2n) is 4.80. The molecule has 1 aromatic heterocycles. The minimum Gasteiger partial charge on any atom is -0.370 e. The summed E-state index contributed by atoms with van der Waals surface area (Å²) in [6, 6.07) is 3.34. The topological polar surface area (TPSA) is 54.0 Å². The molecule has 0 aliphatic rings. The molecule has 6 heteroatoms. The molecule has 4 nitrogen and oxygen atoms in total. The lowest BCUT2D eigenvalue weighted by molar-refractivity contribution is 0.0953. The average molecular weight is 330 g/mol. The Labute approximate surface area is 136 Å². The predicted octanol–water partition coefficient (Wildman–Crippen LogP) is 3.82. The van der Waals surface area contributed by atoms with Crippen LogP contribution in [0.2, 0.25) is 5.15 Å². The van der Waals surface area contributed by atoms with Crippen molar-refractivity contribution < 1.29 is 4.79 Å². The van der Waals surface area contributed by atoms with Crippen molar-refractivity contribution in [3.05, 3.63) is 22.8 Å². The van der Waals surface area contributed by atoms with Crippen LogP contribution in [-0.4, -0.2) is 36.0 Å². The zero-order valence-corrected chi connectivity index (χ0v) is 14.3. The number of amides is 1. The molecule has 1 amide bonds. The van der Waals surface area contributed by atoms with Gasteiger partial charge in [-0.1, -0.05) is 24.9 Å². The van der Waals surface area contributed by atoms with Crippen molar-refractivity contribution in [3.63, 3.8) is 0 Å². The highest BCUT2D eigenvalue weighted by Gasteiger charge is 2.08. The SMILES string of the molecule is CCCNc1cc(C(=O)NCCCCCSC)cc(Cl)n1. The Morgan fingerprint density at radius 3 is 2.81 bits per heavy atom. The third-order valence-corrected chi connectivity index (χ3v) is 3.81. The Morgan fingerprint density at radius 2 is 2.10 bits per heavy atom. The van der Waals surface area contributed by atoms with Crippen LogP contribution in [-0.2, 0) is 0 Å². The first kappa shape index (κ1) is 18.1. The van der Waals surface area contributed by atoms with E-state index in [1.54, 1.807) is 12.1 Å². The number of thioether (sulfide) groups is 1. The van der Waals surface area contributed by atoms with Gasteiger partial charge in [0.1, 0.15) is 11.0 Å². The maximum Gasteiger partial charge on any atom is 0.251 e. The summed E-state index contributed by atoms with van der Waals surface area (Å²) in [5.41, 5.74) is 0.553. The number of anilines is 1. The monoisotopic (exact) mass is 329 g/mol. The lowest BCUT2D eigenvalue weighted by Crippen LogP contribution is -2.24. The Morgan fingerprint density at radius 1 is 1.29 bits per heavy atom. The van der Waals surface area contributed by atoms with Gasteiger partial charge in [-0.05, 0) is 43.4 Å². The van der Waals surface area contributed by atoms with Crippen LogP contribution in [0.5, 0.6) is 0 Å². The molecule has 0 aliphatic carbocycles. The average Bonchev–Trinajstić information content (AvgIpc) is 2.48. The number of nitrogens with zero attached hydrogens (tertiary/aromatic N) is 1. The minimum atomic E-state index is -0.0938. The largest absolute Gasteiger partial charge is 0.370 e. The summed E-state index contributed by atoms with van der Waals surface area (Å²) < 4.78 is 0. The van der Waals surface area contributed by atoms with Crippen LogP contribution in [0.1, 0.15) is 43.0 Å². The molecule has 21 heavy (non-hydrogen) atoms. The van der Waals surface area contributed by atoms with Gasteiger partial charge in [-0.2, -0.15) is 11.8 Å². The Bertz CT molecular complexity index is 443. The number of unbranched alkanes of at least 4 members (excludes halogenated alkanes) is 2. The molecule has 0 unspecified atom stereocenters. The standard InChI is InChI=1S/C15H24ClN3OS/c1-3-7-17-14-11-12(10-13(16)19-14)15(20)18-8-5-4-6-9-21-2/h10-11H,3-9H2,1-2H3,(H,17,19)(H,18,20). The number of hydrogen-bond donors (Lipinski definition) is 2. The molecule has 1 rings (SSSR count). The number of pyridine rings is 1. The maximum absolute atomic E-state index is 12.1. The molecule has 0 aromatic carbocycles. The van der Waals surface area contributed by atoms with Gasteiger partial charge in [-0.3, -0.25) is 4.79 Å². The van der Waals surface area contributed by atoms with Crippen molar-refractivity contribution >= 4 is 35.1 Å². The number of carbonyl (C=O) groups is 1. The first-order valence-corrected chi connectivity index (χ1v) is 9.13. The summed E-state index contributed by atoms with van der Waals surface area (Å²) in [7, 11) is 0. The molecule has 1 aromatic rings. The molecule has 0 saturated carbocycles. The molecular formula is C15H24ClN3OS. The fourth-order valence-corrected chi connectivity index (χ4v) is 2.53. The Hall–Kier alpha value is -0.940. The van der Waals surface area contributed by atoms with Crippen LogP contribution < -0.4 is 10.6 Å². The smallest absolute Gasteiger partial charge is 0.251 e. The van der Waals surface area contributed by atoms with Crippen molar-refractivity contribution in [3.8, 4) is 0 Å². The van der Waals surface area contributed by atoms with E-state index in [1.807, 2.05) is 11.8 Å². The van der Waals surface area contributed by atoms with Crippen molar-refractivity contribution in [2.45, 2.75) is 32.6 Å². The van der Waals surface area contributed by atoms with Gasteiger partial charge in [0.05, 0.1) is 0 Å². The van der Waals surface area contributed by atoms with E-state index in [4.69, 9.17) is 11.6 Å². The van der Waals surface area contributed by atoms with Gasteiger partial charge in [0, 0.05) is 18.7 Å². The second kappa shape index (κ2) is 10.7. The lowest BCUT2D eigenvalue weighted by Gasteiger charge is -2.08. The minimum absolute atomic E-state index is 0.0938. The molecule has 0 saturated heterocycles. The predicted molar refractivity (Wildman–Crippen MR) is 92.6 cm³/mol. The molecule has 0 fully saturated rings. The maximum atomic E-state index is 12.1. The van der Waals surface area contributed by atoms with E-state index < -0.39 is 0 Å². The van der Waals surface area contributed by atoms with E-state index in [1.165, 1.54) is 12.2 Å². The van der Waals surface area contributed by atoms with E-state index in [0.717, 1.165) is 25.8 Å². The van der Waals surface area contributed by atoms with Gasteiger partial charge >= 0.3 is 0 Å². The molecule has 2 N–H and O–H groups in total. The van der Waals surface area contributed by atoms with Crippen molar-refractivity contribution in [2.24, 2.45) is 0 Å². The number of halogens is 1.